The molecule has 1 heterocycles. The fourth-order valence-electron chi connectivity index (χ4n) is 3.23. The van der Waals surface area contributed by atoms with Crippen LogP contribution in [0.1, 0.15) is 49.0 Å². The Morgan fingerprint density at radius 1 is 1.10 bits per heavy atom. The average molecular weight is 430 g/mol. The maximum atomic E-state index is 12.8. The Bertz CT molecular complexity index is 1010. The van der Waals surface area contributed by atoms with Crippen LogP contribution in [0.15, 0.2) is 58.5 Å². The molecule has 2 aromatic rings. The number of hydrogen-bond acceptors (Lipinski definition) is 5. The Hall–Kier alpha value is -2.71. The van der Waals surface area contributed by atoms with Crippen LogP contribution in [0.3, 0.4) is 0 Å². The summed E-state index contributed by atoms with van der Waals surface area (Å²) in [6.07, 6.45) is 4.27. The number of amides is 1. The third-order valence-corrected chi connectivity index (χ3v) is 6.60. The van der Waals surface area contributed by atoms with Crippen molar-refractivity contribution in [2.45, 2.75) is 44.1 Å². The lowest BCUT2D eigenvalue weighted by Gasteiger charge is -2.25. The quantitative estimate of drug-likeness (QED) is 0.540. The van der Waals surface area contributed by atoms with Crippen molar-refractivity contribution in [1.82, 2.24) is 9.73 Å². The molecule has 0 atom stereocenters. The Morgan fingerprint density at radius 2 is 1.83 bits per heavy atom. The number of hydrazone groups is 1. The largest absolute Gasteiger partial charge is 0.490 e. The maximum Gasteiger partial charge on any atom is 0.271 e. The van der Waals surface area contributed by atoms with Crippen LogP contribution in [0.25, 0.3) is 0 Å². The lowest BCUT2D eigenvalue weighted by atomic mass is 10.2. The van der Waals surface area contributed by atoms with Gasteiger partial charge in [0.1, 0.15) is 5.75 Å². The molecule has 8 heteroatoms. The van der Waals surface area contributed by atoms with Gasteiger partial charge in [-0.15, -0.1) is 0 Å². The van der Waals surface area contributed by atoms with Gasteiger partial charge in [-0.1, -0.05) is 24.6 Å². The van der Waals surface area contributed by atoms with E-state index in [0.717, 1.165) is 24.8 Å². The van der Waals surface area contributed by atoms with Crippen LogP contribution < -0.4 is 10.2 Å². The fraction of sp³-hybridized carbons (Fsp3) is 0.364. The molecule has 1 saturated heterocycles. The summed E-state index contributed by atoms with van der Waals surface area (Å²) < 4.78 is 32.9. The molecule has 0 radical (unpaired) electrons. The summed E-state index contributed by atoms with van der Waals surface area (Å²) in [5.41, 5.74) is 3.42. The highest BCUT2D eigenvalue weighted by atomic mass is 32.2. The van der Waals surface area contributed by atoms with E-state index in [0.29, 0.717) is 18.8 Å². The number of sulfonamides is 1. The van der Waals surface area contributed by atoms with Gasteiger partial charge in [0, 0.05) is 24.2 Å². The molecule has 160 valence electrons. The van der Waals surface area contributed by atoms with Crippen LogP contribution in [0.2, 0.25) is 0 Å². The number of piperidine rings is 1. The molecule has 2 aromatic carbocycles. The predicted octanol–water partition coefficient (Wildman–Crippen LogP) is 3.41. The van der Waals surface area contributed by atoms with Crippen LogP contribution in [-0.4, -0.2) is 44.0 Å². The summed E-state index contributed by atoms with van der Waals surface area (Å²) in [6.45, 7) is 4.89. The van der Waals surface area contributed by atoms with Crippen LogP contribution >= 0.6 is 0 Å². The number of hydrogen-bond donors (Lipinski definition) is 1. The second kappa shape index (κ2) is 9.86. The molecular formula is C22H27N3O4S. The molecule has 1 aliphatic rings. The highest BCUT2D eigenvalue weighted by Gasteiger charge is 2.26. The lowest BCUT2D eigenvalue weighted by Crippen LogP contribution is -2.35. The van der Waals surface area contributed by atoms with Gasteiger partial charge in [-0.05, 0) is 57.0 Å². The number of benzene rings is 2. The average Bonchev–Trinajstić information content (AvgIpc) is 2.75. The molecule has 1 N–H and O–H groups in total. The molecule has 0 unspecified atom stereocenters. The van der Waals surface area contributed by atoms with Gasteiger partial charge in [-0.25, -0.2) is 13.8 Å². The van der Waals surface area contributed by atoms with Crippen molar-refractivity contribution in [2.24, 2.45) is 5.10 Å². The van der Waals surface area contributed by atoms with E-state index in [2.05, 4.69) is 10.5 Å². The first-order valence-corrected chi connectivity index (χ1v) is 11.5. The molecule has 0 saturated carbocycles. The third kappa shape index (κ3) is 5.46. The van der Waals surface area contributed by atoms with Crippen LogP contribution in [-0.2, 0) is 10.0 Å². The minimum Gasteiger partial charge on any atom is -0.490 e. The Morgan fingerprint density at radius 3 is 2.57 bits per heavy atom. The van der Waals surface area contributed by atoms with Gasteiger partial charge >= 0.3 is 0 Å². The van der Waals surface area contributed by atoms with Crippen molar-refractivity contribution in [1.29, 1.82) is 0 Å². The smallest absolute Gasteiger partial charge is 0.271 e. The normalized spacial score (nSPS) is 15.4. The number of para-hydroxylation sites is 1. The summed E-state index contributed by atoms with van der Waals surface area (Å²) >= 11 is 0. The number of carbonyl (C=O) groups excluding carboxylic acids is 1. The number of rotatable bonds is 7. The van der Waals surface area contributed by atoms with Gasteiger partial charge in [0.25, 0.3) is 5.91 Å². The molecular weight excluding hydrogens is 402 g/mol. The van der Waals surface area contributed by atoms with Crippen LogP contribution in [0.4, 0.5) is 0 Å². The molecule has 0 bridgehead atoms. The molecule has 7 nitrogen and oxygen atoms in total. The number of nitrogens with one attached hydrogen (secondary N) is 1. The first-order chi connectivity index (χ1) is 14.4. The zero-order valence-electron chi connectivity index (χ0n) is 17.2. The van der Waals surface area contributed by atoms with E-state index in [9.17, 15) is 13.2 Å². The van der Waals surface area contributed by atoms with E-state index in [1.807, 2.05) is 38.1 Å². The van der Waals surface area contributed by atoms with E-state index >= 15 is 0 Å². The van der Waals surface area contributed by atoms with Crippen LogP contribution in [0, 0.1) is 0 Å². The highest BCUT2D eigenvalue weighted by molar-refractivity contribution is 7.89. The lowest BCUT2D eigenvalue weighted by molar-refractivity contribution is 0.0955. The van der Waals surface area contributed by atoms with E-state index in [4.69, 9.17) is 4.74 Å². The second-order valence-electron chi connectivity index (χ2n) is 7.40. The summed E-state index contributed by atoms with van der Waals surface area (Å²) in [5.74, 6) is 0.185. The van der Waals surface area contributed by atoms with E-state index < -0.39 is 15.9 Å². The van der Waals surface area contributed by atoms with Gasteiger partial charge in [-0.2, -0.15) is 9.41 Å². The molecule has 0 aromatic heterocycles. The second-order valence-corrected chi connectivity index (χ2v) is 9.33. The minimum absolute atomic E-state index is 0.0127. The monoisotopic (exact) mass is 429 g/mol. The third-order valence-electron chi connectivity index (χ3n) is 4.70. The van der Waals surface area contributed by atoms with Crippen molar-refractivity contribution in [3.05, 3.63) is 59.7 Å². The van der Waals surface area contributed by atoms with Gasteiger partial charge in [0.2, 0.25) is 10.0 Å². The number of nitrogens with zero attached hydrogens (tertiary/aromatic N) is 2. The van der Waals surface area contributed by atoms with Crippen molar-refractivity contribution in [3.8, 4) is 5.75 Å². The van der Waals surface area contributed by atoms with Gasteiger partial charge in [-0.3, -0.25) is 4.79 Å². The van der Waals surface area contributed by atoms with Crippen molar-refractivity contribution in [3.63, 3.8) is 0 Å². The van der Waals surface area contributed by atoms with Crippen molar-refractivity contribution >= 4 is 22.1 Å². The van der Waals surface area contributed by atoms with E-state index in [-0.39, 0.29) is 16.6 Å². The van der Waals surface area contributed by atoms with Crippen molar-refractivity contribution < 1.29 is 17.9 Å². The summed E-state index contributed by atoms with van der Waals surface area (Å²) in [4.78, 5) is 12.6. The molecule has 30 heavy (non-hydrogen) atoms. The van der Waals surface area contributed by atoms with E-state index in [1.165, 1.54) is 22.7 Å². The van der Waals surface area contributed by atoms with Crippen molar-refractivity contribution in [2.75, 3.05) is 13.1 Å². The zero-order chi connectivity index (χ0) is 21.6. The maximum absolute atomic E-state index is 12.8. The van der Waals surface area contributed by atoms with Crippen LogP contribution in [0.5, 0.6) is 5.75 Å². The van der Waals surface area contributed by atoms with E-state index in [1.54, 1.807) is 12.1 Å². The standard InChI is InChI=1S/C22H27N3O4S/c1-17(2)29-21-12-5-4-9-19(21)16-23-24-22(26)18-10-8-11-20(15-18)30(27,28)25-13-6-3-7-14-25/h4-5,8-12,15-17H,3,6-7,13-14H2,1-2H3,(H,24,26)/b23-16-. The topological polar surface area (TPSA) is 88.1 Å². The minimum atomic E-state index is -3.60. The molecule has 1 fully saturated rings. The van der Waals surface area contributed by atoms with Gasteiger partial charge in [0.15, 0.2) is 0 Å². The van der Waals surface area contributed by atoms with Gasteiger partial charge in [0.05, 0.1) is 17.2 Å². The van der Waals surface area contributed by atoms with Gasteiger partial charge < -0.3 is 4.74 Å². The predicted molar refractivity (Wildman–Crippen MR) is 116 cm³/mol. The summed E-state index contributed by atoms with van der Waals surface area (Å²) in [6, 6.07) is 13.4. The molecule has 3 rings (SSSR count). The number of ether oxygens (including phenoxy) is 1. The Labute approximate surface area is 177 Å². The summed E-state index contributed by atoms with van der Waals surface area (Å²) in [7, 11) is -3.60. The molecule has 1 aliphatic heterocycles. The fourth-order valence-corrected chi connectivity index (χ4v) is 4.79. The first-order valence-electron chi connectivity index (χ1n) is 10.1. The SMILES string of the molecule is CC(C)Oc1ccccc1/C=N\NC(=O)c1cccc(S(=O)(=O)N2CCCCC2)c1. The molecule has 1 amide bonds. The highest BCUT2D eigenvalue weighted by Crippen LogP contribution is 2.21. The number of carbonyl (C=O) groups is 1. The first kappa shape index (κ1) is 22.0. The summed E-state index contributed by atoms with van der Waals surface area (Å²) in [5, 5.41) is 4.00. The zero-order valence-corrected chi connectivity index (χ0v) is 18.1. The molecule has 0 aliphatic carbocycles. The Kier molecular flexibility index (Phi) is 7.23. The molecule has 0 spiro atoms. The Balaban J connectivity index is 1.71.